The molecule has 1 aromatic rings. The lowest BCUT2D eigenvalue weighted by Crippen LogP contribution is -2.36. The van der Waals surface area contributed by atoms with Crippen LogP contribution in [0.1, 0.15) is 25.5 Å². The number of hydrogen-bond acceptors (Lipinski definition) is 2. The van der Waals surface area contributed by atoms with Crippen LogP contribution >= 0.6 is 15.9 Å². The van der Waals surface area contributed by atoms with Gasteiger partial charge in [0.05, 0.1) is 4.47 Å². The van der Waals surface area contributed by atoms with Gasteiger partial charge in [-0.3, -0.25) is 0 Å². The smallest absolute Gasteiger partial charge is 0.137 e. The van der Waals surface area contributed by atoms with E-state index in [2.05, 4.69) is 54.1 Å². The molecule has 0 radical (unpaired) electrons. The quantitative estimate of drug-likeness (QED) is 0.898. The van der Waals surface area contributed by atoms with Crippen LogP contribution < -0.4 is 5.32 Å². The Morgan fingerprint density at radius 1 is 1.35 bits per heavy atom. The minimum absolute atomic E-state index is 0.217. The molecule has 0 amide bonds. The van der Waals surface area contributed by atoms with Crippen molar-refractivity contribution in [3.63, 3.8) is 0 Å². The molecule has 0 aliphatic heterocycles. The van der Waals surface area contributed by atoms with Gasteiger partial charge in [0.1, 0.15) is 5.82 Å². The Kier molecular flexibility index (Phi) is 5.56. The number of benzene rings is 1. The second-order valence-corrected chi connectivity index (χ2v) is 5.47. The first kappa shape index (κ1) is 14.6. The molecule has 0 saturated carbocycles. The molecule has 0 aromatic heterocycles. The highest BCUT2D eigenvalue weighted by Gasteiger charge is 2.10. The number of likely N-dealkylation sites (N-methyl/N-ethyl adjacent to an activating group) is 1. The summed E-state index contributed by atoms with van der Waals surface area (Å²) in [6.07, 6.45) is 0. The lowest BCUT2D eigenvalue weighted by Gasteiger charge is -2.23. The van der Waals surface area contributed by atoms with E-state index < -0.39 is 0 Å². The van der Waals surface area contributed by atoms with Gasteiger partial charge in [0.25, 0.3) is 0 Å². The zero-order chi connectivity index (χ0) is 13.0. The summed E-state index contributed by atoms with van der Waals surface area (Å²) in [6.45, 7) is 5.16. The first-order valence-electron chi connectivity index (χ1n) is 5.76. The number of halogens is 2. The number of nitrogens with zero attached hydrogens (tertiary/aromatic N) is 1. The summed E-state index contributed by atoms with van der Waals surface area (Å²) in [4.78, 5) is 2.17. The highest BCUT2D eigenvalue weighted by molar-refractivity contribution is 9.10. The largest absolute Gasteiger partial charge is 0.309 e. The zero-order valence-corrected chi connectivity index (χ0v) is 12.4. The molecule has 0 saturated heterocycles. The molecule has 1 aromatic carbocycles. The molecule has 1 rings (SSSR count). The van der Waals surface area contributed by atoms with Gasteiger partial charge < -0.3 is 10.2 Å². The van der Waals surface area contributed by atoms with Crippen LogP contribution in [0.15, 0.2) is 22.7 Å². The highest BCUT2D eigenvalue weighted by Crippen LogP contribution is 2.21. The molecule has 1 N–H and O–H groups in total. The second-order valence-electron chi connectivity index (χ2n) is 4.62. The monoisotopic (exact) mass is 302 g/mol. The van der Waals surface area contributed by atoms with E-state index in [1.54, 1.807) is 0 Å². The minimum atomic E-state index is -0.220. The molecule has 0 aliphatic rings. The molecule has 2 nitrogen and oxygen atoms in total. The van der Waals surface area contributed by atoms with E-state index in [9.17, 15) is 4.39 Å². The standard InChI is InChI=1S/C13H20BrFN2/c1-9(17(3)4)8-16-10(2)11-5-6-13(15)12(14)7-11/h5-7,9-10,16H,8H2,1-4H3. The molecule has 0 spiro atoms. The molecular weight excluding hydrogens is 283 g/mol. The molecule has 4 heteroatoms. The number of rotatable bonds is 5. The van der Waals surface area contributed by atoms with Crippen molar-refractivity contribution in [2.45, 2.75) is 25.9 Å². The van der Waals surface area contributed by atoms with Gasteiger partial charge in [-0.05, 0) is 61.6 Å². The van der Waals surface area contributed by atoms with E-state index in [0.29, 0.717) is 10.5 Å². The molecule has 96 valence electrons. The van der Waals surface area contributed by atoms with Gasteiger partial charge in [-0.1, -0.05) is 6.07 Å². The van der Waals surface area contributed by atoms with Crippen molar-refractivity contribution >= 4 is 15.9 Å². The summed E-state index contributed by atoms with van der Waals surface area (Å²) in [7, 11) is 4.12. The Bertz CT molecular complexity index is 368. The van der Waals surface area contributed by atoms with E-state index in [1.807, 2.05) is 12.1 Å². The Morgan fingerprint density at radius 2 is 2.00 bits per heavy atom. The van der Waals surface area contributed by atoms with E-state index in [1.165, 1.54) is 6.07 Å². The van der Waals surface area contributed by atoms with Crippen molar-refractivity contribution in [2.75, 3.05) is 20.6 Å². The van der Waals surface area contributed by atoms with Crippen molar-refractivity contribution in [3.8, 4) is 0 Å². The summed E-state index contributed by atoms with van der Waals surface area (Å²) in [6, 6.07) is 5.83. The fourth-order valence-electron chi connectivity index (χ4n) is 1.43. The average Bonchev–Trinajstić information content (AvgIpc) is 2.28. The van der Waals surface area contributed by atoms with E-state index in [0.717, 1.165) is 12.1 Å². The predicted octanol–water partition coefficient (Wildman–Crippen LogP) is 3.19. The molecule has 2 unspecified atom stereocenters. The van der Waals surface area contributed by atoms with Gasteiger partial charge in [0.15, 0.2) is 0 Å². The zero-order valence-electron chi connectivity index (χ0n) is 10.8. The molecule has 0 bridgehead atoms. The van der Waals surface area contributed by atoms with Crippen molar-refractivity contribution in [1.29, 1.82) is 0 Å². The predicted molar refractivity (Wildman–Crippen MR) is 73.7 cm³/mol. The summed E-state index contributed by atoms with van der Waals surface area (Å²) in [5, 5.41) is 3.44. The van der Waals surface area contributed by atoms with Crippen LogP contribution in [0.4, 0.5) is 4.39 Å². The Morgan fingerprint density at radius 3 is 2.53 bits per heavy atom. The molecule has 0 aliphatic carbocycles. The van der Waals surface area contributed by atoms with Crippen LogP contribution in [-0.4, -0.2) is 31.6 Å². The Labute approximate surface area is 111 Å². The van der Waals surface area contributed by atoms with Gasteiger partial charge in [0.2, 0.25) is 0 Å². The maximum absolute atomic E-state index is 13.1. The van der Waals surface area contributed by atoms with Crippen LogP contribution in [0.3, 0.4) is 0 Å². The third kappa shape index (κ3) is 4.37. The van der Waals surface area contributed by atoms with Crippen LogP contribution in [0.25, 0.3) is 0 Å². The minimum Gasteiger partial charge on any atom is -0.309 e. The normalized spacial score (nSPS) is 15.0. The lowest BCUT2D eigenvalue weighted by molar-refractivity contribution is 0.295. The number of hydrogen-bond donors (Lipinski definition) is 1. The summed E-state index contributed by atoms with van der Waals surface area (Å²) < 4.78 is 13.6. The maximum Gasteiger partial charge on any atom is 0.137 e. The SMILES string of the molecule is CC(NCC(C)N(C)C)c1ccc(F)c(Br)c1. The van der Waals surface area contributed by atoms with E-state index >= 15 is 0 Å². The summed E-state index contributed by atoms with van der Waals surface area (Å²) >= 11 is 3.21. The first-order chi connectivity index (χ1) is 7.91. The molecule has 0 heterocycles. The third-order valence-corrected chi connectivity index (χ3v) is 3.65. The van der Waals surface area contributed by atoms with E-state index in [-0.39, 0.29) is 11.9 Å². The fraction of sp³-hybridized carbons (Fsp3) is 0.538. The van der Waals surface area contributed by atoms with Crippen LogP contribution in [-0.2, 0) is 0 Å². The van der Waals surface area contributed by atoms with Gasteiger partial charge >= 0.3 is 0 Å². The van der Waals surface area contributed by atoms with Gasteiger partial charge in [-0.15, -0.1) is 0 Å². The maximum atomic E-state index is 13.1. The first-order valence-corrected chi connectivity index (χ1v) is 6.56. The molecular formula is C13H20BrFN2. The van der Waals surface area contributed by atoms with Crippen molar-refractivity contribution < 1.29 is 4.39 Å². The van der Waals surface area contributed by atoms with Crippen molar-refractivity contribution in [2.24, 2.45) is 0 Å². The fourth-order valence-corrected chi connectivity index (χ4v) is 1.83. The summed E-state index contributed by atoms with van der Waals surface area (Å²) in [5.74, 6) is -0.220. The topological polar surface area (TPSA) is 15.3 Å². The molecule has 2 atom stereocenters. The van der Waals surface area contributed by atoms with Gasteiger partial charge in [-0.25, -0.2) is 4.39 Å². The van der Waals surface area contributed by atoms with Crippen LogP contribution in [0, 0.1) is 5.82 Å². The number of nitrogens with one attached hydrogen (secondary N) is 1. The van der Waals surface area contributed by atoms with Gasteiger partial charge in [0, 0.05) is 18.6 Å². The second kappa shape index (κ2) is 6.47. The van der Waals surface area contributed by atoms with Crippen molar-refractivity contribution in [1.82, 2.24) is 10.2 Å². The van der Waals surface area contributed by atoms with Gasteiger partial charge in [-0.2, -0.15) is 0 Å². The third-order valence-electron chi connectivity index (χ3n) is 3.04. The average molecular weight is 303 g/mol. The summed E-state index contributed by atoms with van der Waals surface area (Å²) in [5.41, 5.74) is 1.09. The van der Waals surface area contributed by atoms with Crippen LogP contribution in [0.2, 0.25) is 0 Å². The van der Waals surface area contributed by atoms with E-state index in [4.69, 9.17) is 0 Å². The van der Waals surface area contributed by atoms with Crippen LogP contribution in [0.5, 0.6) is 0 Å². The Balaban J connectivity index is 2.58. The van der Waals surface area contributed by atoms with Crippen molar-refractivity contribution in [3.05, 3.63) is 34.1 Å². The highest BCUT2D eigenvalue weighted by atomic mass is 79.9. The lowest BCUT2D eigenvalue weighted by atomic mass is 10.1. The Hall–Kier alpha value is -0.450. The molecule has 0 fully saturated rings. The molecule has 17 heavy (non-hydrogen) atoms.